The number of imide groups is 1. The SMILES string of the molecule is Nc1c2c(cc(=O)n1-c1cc(Cl)c(F)cc1F)C(=O)NC2=O. The monoisotopic (exact) mass is 325 g/mol. The number of nitrogens with two attached hydrogens (primary N) is 1. The van der Waals surface area contributed by atoms with Crippen molar-refractivity contribution in [3.8, 4) is 5.69 Å². The molecule has 0 spiro atoms. The number of nitrogens with one attached hydrogen (secondary N) is 1. The van der Waals surface area contributed by atoms with Gasteiger partial charge < -0.3 is 5.73 Å². The van der Waals surface area contributed by atoms with Gasteiger partial charge >= 0.3 is 0 Å². The highest BCUT2D eigenvalue weighted by Gasteiger charge is 2.32. The molecule has 3 rings (SSSR count). The third kappa shape index (κ3) is 1.88. The summed E-state index contributed by atoms with van der Waals surface area (Å²) in [6, 6.07) is 2.20. The number of benzene rings is 1. The van der Waals surface area contributed by atoms with Gasteiger partial charge in [-0.3, -0.25) is 24.3 Å². The predicted octanol–water partition coefficient (Wildman–Crippen LogP) is 1.23. The highest BCUT2D eigenvalue weighted by molar-refractivity contribution is 6.31. The minimum atomic E-state index is -1.10. The number of aromatic nitrogens is 1. The van der Waals surface area contributed by atoms with E-state index in [1.807, 2.05) is 5.32 Å². The predicted molar refractivity (Wildman–Crippen MR) is 73.2 cm³/mol. The second kappa shape index (κ2) is 4.63. The first-order valence-corrected chi connectivity index (χ1v) is 6.25. The van der Waals surface area contributed by atoms with E-state index in [9.17, 15) is 23.2 Å². The van der Waals surface area contributed by atoms with E-state index in [1.165, 1.54) is 0 Å². The summed E-state index contributed by atoms with van der Waals surface area (Å²) in [5.74, 6) is -4.12. The molecule has 0 unspecified atom stereocenters. The lowest BCUT2D eigenvalue weighted by atomic mass is 10.1. The van der Waals surface area contributed by atoms with Gasteiger partial charge in [0.05, 0.1) is 21.8 Å². The fraction of sp³-hybridized carbons (Fsp3) is 0. The fourth-order valence-corrected chi connectivity index (χ4v) is 2.37. The van der Waals surface area contributed by atoms with Gasteiger partial charge in [0, 0.05) is 12.1 Å². The van der Waals surface area contributed by atoms with Gasteiger partial charge in [-0.25, -0.2) is 8.78 Å². The fourth-order valence-electron chi connectivity index (χ4n) is 2.21. The van der Waals surface area contributed by atoms with E-state index in [-0.39, 0.29) is 11.1 Å². The van der Waals surface area contributed by atoms with Crippen LogP contribution in [0.2, 0.25) is 5.02 Å². The smallest absolute Gasteiger partial charge is 0.262 e. The Hall–Kier alpha value is -2.74. The highest BCUT2D eigenvalue weighted by Crippen LogP contribution is 2.26. The van der Waals surface area contributed by atoms with Crippen LogP contribution in [-0.2, 0) is 0 Å². The normalized spacial score (nSPS) is 13.2. The molecule has 2 amide bonds. The molecule has 6 nitrogen and oxygen atoms in total. The summed E-state index contributed by atoms with van der Waals surface area (Å²) >= 11 is 5.58. The number of halogens is 3. The van der Waals surface area contributed by atoms with Crippen molar-refractivity contribution in [2.75, 3.05) is 5.73 Å². The van der Waals surface area contributed by atoms with Crippen LogP contribution in [0.15, 0.2) is 23.0 Å². The van der Waals surface area contributed by atoms with Crippen molar-refractivity contribution in [3.63, 3.8) is 0 Å². The Morgan fingerprint density at radius 2 is 1.73 bits per heavy atom. The third-order valence-electron chi connectivity index (χ3n) is 3.18. The standard InChI is InChI=1S/C13H6ClF2N3O3/c14-5-2-8(7(16)3-6(5)15)19-9(20)1-4-10(11(19)17)13(22)18-12(4)21/h1-3H,17H2,(H,18,21,22). The number of carbonyl (C=O) groups excluding carboxylic acids is 2. The van der Waals surface area contributed by atoms with Gasteiger partial charge in [0.25, 0.3) is 17.4 Å². The molecule has 0 radical (unpaired) electrons. The Bertz CT molecular complexity index is 924. The van der Waals surface area contributed by atoms with Gasteiger partial charge in [-0.1, -0.05) is 11.6 Å². The van der Waals surface area contributed by atoms with Crippen molar-refractivity contribution < 1.29 is 18.4 Å². The van der Waals surface area contributed by atoms with Crippen LogP contribution < -0.4 is 16.6 Å². The van der Waals surface area contributed by atoms with Crippen molar-refractivity contribution in [3.05, 3.63) is 56.3 Å². The maximum absolute atomic E-state index is 13.9. The molecule has 1 aromatic carbocycles. The molecule has 0 atom stereocenters. The molecule has 1 aromatic heterocycles. The van der Waals surface area contributed by atoms with E-state index >= 15 is 0 Å². The molecule has 0 saturated carbocycles. The van der Waals surface area contributed by atoms with Gasteiger partial charge in [0.15, 0.2) is 0 Å². The molecule has 2 heterocycles. The van der Waals surface area contributed by atoms with E-state index in [0.717, 1.165) is 12.1 Å². The maximum Gasteiger partial charge on any atom is 0.262 e. The van der Waals surface area contributed by atoms with Crippen molar-refractivity contribution >= 4 is 29.2 Å². The first-order chi connectivity index (χ1) is 10.3. The maximum atomic E-state index is 13.9. The number of rotatable bonds is 1. The Balaban J connectivity index is 2.37. The molecule has 3 N–H and O–H groups in total. The van der Waals surface area contributed by atoms with Gasteiger partial charge in [0.2, 0.25) is 0 Å². The number of amides is 2. The van der Waals surface area contributed by atoms with Crippen molar-refractivity contribution in [2.24, 2.45) is 0 Å². The van der Waals surface area contributed by atoms with Gasteiger partial charge in [-0.05, 0) is 6.07 Å². The summed E-state index contributed by atoms with van der Waals surface area (Å²) in [5.41, 5.74) is 4.00. The quantitative estimate of drug-likeness (QED) is 0.609. The van der Waals surface area contributed by atoms with Crippen LogP contribution in [-0.4, -0.2) is 16.4 Å². The molecule has 112 valence electrons. The van der Waals surface area contributed by atoms with Crippen LogP contribution in [0.4, 0.5) is 14.6 Å². The largest absolute Gasteiger partial charge is 0.384 e. The molecule has 0 fully saturated rings. The number of hydrogen-bond acceptors (Lipinski definition) is 4. The van der Waals surface area contributed by atoms with E-state index < -0.39 is 45.5 Å². The first kappa shape index (κ1) is 14.2. The second-order valence-corrected chi connectivity index (χ2v) is 4.90. The number of nitrogen functional groups attached to an aromatic ring is 1. The number of anilines is 1. The molecular formula is C13H6ClF2N3O3. The average Bonchev–Trinajstić information content (AvgIpc) is 2.70. The third-order valence-corrected chi connectivity index (χ3v) is 3.47. The van der Waals surface area contributed by atoms with Crippen LogP contribution in [0.5, 0.6) is 0 Å². The Kier molecular flexibility index (Phi) is 2.99. The lowest BCUT2D eigenvalue weighted by Crippen LogP contribution is -2.25. The number of nitrogens with zero attached hydrogens (tertiary/aromatic N) is 1. The lowest BCUT2D eigenvalue weighted by molar-refractivity contribution is 0.0880. The molecular weight excluding hydrogens is 320 g/mol. The van der Waals surface area contributed by atoms with Crippen LogP contribution in [0.3, 0.4) is 0 Å². The Labute approximate surface area is 126 Å². The van der Waals surface area contributed by atoms with E-state index in [0.29, 0.717) is 10.6 Å². The number of carbonyl (C=O) groups is 2. The Morgan fingerprint density at radius 3 is 2.41 bits per heavy atom. The zero-order valence-electron chi connectivity index (χ0n) is 10.6. The number of fused-ring (bicyclic) bond motifs is 1. The summed E-state index contributed by atoms with van der Waals surface area (Å²) < 4.78 is 27.8. The molecule has 0 saturated heterocycles. The van der Waals surface area contributed by atoms with Crippen LogP contribution in [0, 0.1) is 11.6 Å². The van der Waals surface area contributed by atoms with E-state index in [2.05, 4.69) is 0 Å². The van der Waals surface area contributed by atoms with Crippen LogP contribution in [0.1, 0.15) is 20.7 Å². The summed E-state index contributed by atoms with van der Waals surface area (Å²) in [4.78, 5) is 35.3. The second-order valence-electron chi connectivity index (χ2n) is 4.49. The number of pyridine rings is 1. The molecule has 22 heavy (non-hydrogen) atoms. The summed E-state index contributed by atoms with van der Waals surface area (Å²) in [6.45, 7) is 0. The lowest BCUT2D eigenvalue weighted by Gasteiger charge is -2.13. The molecule has 0 aliphatic carbocycles. The highest BCUT2D eigenvalue weighted by atomic mass is 35.5. The average molecular weight is 326 g/mol. The van der Waals surface area contributed by atoms with Crippen LogP contribution in [0.25, 0.3) is 5.69 Å². The summed E-state index contributed by atoms with van der Waals surface area (Å²) in [6.07, 6.45) is 0. The van der Waals surface area contributed by atoms with Crippen LogP contribution >= 0.6 is 11.6 Å². The Morgan fingerprint density at radius 1 is 1.05 bits per heavy atom. The zero-order chi connectivity index (χ0) is 16.2. The van der Waals surface area contributed by atoms with Gasteiger partial charge in [-0.15, -0.1) is 0 Å². The number of hydrogen-bond donors (Lipinski definition) is 2. The molecule has 0 bridgehead atoms. The van der Waals surface area contributed by atoms with Crippen molar-refractivity contribution in [2.45, 2.75) is 0 Å². The molecule has 1 aliphatic rings. The summed E-state index contributed by atoms with van der Waals surface area (Å²) in [7, 11) is 0. The zero-order valence-corrected chi connectivity index (χ0v) is 11.4. The first-order valence-electron chi connectivity index (χ1n) is 5.87. The molecule has 2 aromatic rings. The van der Waals surface area contributed by atoms with Crippen molar-refractivity contribution in [1.82, 2.24) is 9.88 Å². The minimum Gasteiger partial charge on any atom is -0.384 e. The topological polar surface area (TPSA) is 94.2 Å². The van der Waals surface area contributed by atoms with Gasteiger partial charge in [0.1, 0.15) is 17.5 Å². The molecule has 9 heteroatoms. The van der Waals surface area contributed by atoms with E-state index in [4.69, 9.17) is 17.3 Å². The van der Waals surface area contributed by atoms with Gasteiger partial charge in [-0.2, -0.15) is 0 Å². The van der Waals surface area contributed by atoms with E-state index in [1.54, 1.807) is 0 Å². The molecule has 1 aliphatic heterocycles. The van der Waals surface area contributed by atoms with Crippen molar-refractivity contribution in [1.29, 1.82) is 0 Å². The minimum absolute atomic E-state index is 0.197. The summed E-state index contributed by atoms with van der Waals surface area (Å²) in [5, 5.41) is 1.55.